The zero-order valence-electron chi connectivity index (χ0n) is 8.38. The number of aromatic hydroxyl groups is 2. The van der Waals surface area contributed by atoms with Gasteiger partial charge in [-0.25, -0.2) is 0 Å². The van der Waals surface area contributed by atoms with Gasteiger partial charge in [-0.2, -0.15) is 0 Å². The average molecular weight is 213 g/mol. The molecule has 1 rings (SSSR count). The lowest BCUT2D eigenvalue weighted by Gasteiger charge is -2.19. The maximum Gasteiger partial charge on any atom is 0.125 e. The minimum Gasteiger partial charge on any atom is -0.507 e. The number of likely N-dealkylation sites (N-methyl/N-ethyl adjacent to an activating group) is 1. The molecule has 1 aromatic rings. The maximum atomic E-state index is 9.67. The summed E-state index contributed by atoms with van der Waals surface area (Å²) in [4.78, 5) is 0. The van der Waals surface area contributed by atoms with Gasteiger partial charge in [-0.15, -0.1) is 0 Å². The Balaban J connectivity index is 2.94. The van der Waals surface area contributed by atoms with Crippen molar-refractivity contribution >= 4 is 0 Å². The fourth-order valence-electron chi connectivity index (χ4n) is 1.36. The van der Waals surface area contributed by atoms with Gasteiger partial charge >= 0.3 is 0 Å². The van der Waals surface area contributed by atoms with Crippen LogP contribution < -0.4 is 5.32 Å². The summed E-state index contributed by atoms with van der Waals surface area (Å²) >= 11 is 0. The van der Waals surface area contributed by atoms with Gasteiger partial charge in [0.05, 0.1) is 11.7 Å². The van der Waals surface area contributed by atoms with Crippen molar-refractivity contribution < 1.29 is 20.4 Å². The molecule has 0 radical (unpaired) electrons. The molecule has 0 spiro atoms. The first-order chi connectivity index (χ1) is 7.07. The quantitative estimate of drug-likeness (QED) is 0.474. The minimum absolute atomic E-state index is 0.0553. The largest absolute Gasteiger partial charge is 0.507 e. The van der Waals surface area contributed by atoms with E-state index in [1.54, 1.807) is 7.05 Å². The Morgan fingerprint density at radius 3 is 2.20 bits per heavy atom. The van der Waals surface area contributed by atoms with Crippen molar-refractivity contribution in [2.24, 2.45) is 0 Å². The molecule has 0 aliphatic carbocycles. The van der Waals surface area contributed by atoms with Crippen molar-refractivity contribution in [1.29, 1.82) is 0 Å². The van der Waals surface area contributed by atoms with Crippen LogP contribution in [-0.2, 0) is 0 Å². The molecule has 5 N–H and O–H groups in total. The van der Waals surface area contributed by atoms with Crippen LogP contribution in [0, 0.1) is 0 Å². The molecule has 5 heteroatoms. The van der Waals surface area contributed by atoms with Gasteiger partial charge in [-0.1, -0.05) is 6.07 Å². The highest BCUT2D eigenvalue weighted by Gasteiger charge is 2.23. The van der Waals surface area contributed by atoms with Crippen LogP contribution in [0.25, 0.3) is 0 Å². The standard InChI is InChI=1S/C10H15NO4/c1-11-5-8(14)10(15)9-6(12)3-2-4-7(9)13/h2-4,8,10-15H,5H2,1H3. The summed E-state index contributed by atoms with van der Waals surface area (Å²) in [5, 5.41) is 40.7. The number of phenols is 2. The number of benzene rings is 1. The second-order valence-corrected chi connectivity index (χ2v) is 3.28. The fourth-order valence-corrected chi connectivity index (χ4v) is 1.36. The first-order valence-corrected chi connectivity index (χ1v) is 4.59. The summed E-state index contributed by atoms with van der Waals surface area (Å²) in [5.41, 5.74) is -0.0553. The molecule has 0 amide bonds. The van der Waals surface area contributed by atoms with E-state index in [0.717, 1.165) is 0 Å². The van der Waals surface area contributed by atoms with Crippen LogP contribution in [-0.4, -0.2) is 40.1 Å². The number of hydrogen-bond donors (Lipinski definition) is 5. The van der Waals surface area contributed by atoms with Crippen molar-refractivity contribution in [2.75, 3.05) is 13.6 Å². The third-order valence-electron chi connectivity index (χ3n) is 2.13. The normalized spacial score (nSPS) is 14.9. The van der Waals surface area contributed by atoms with Gasteiger partial charge in [-0.3, -0.25) is 0 Å². The molecule has 0 aliphatic heterocycles. The summed E-state index contributed by atoms with van der Waals surface area (Å²) in [6, 6.07) is 4.13. The topological polar surface area (TPSA) is 93.0 Å². The van der Waals surface area contributed by atoms with Gasteiger partial charge in [0.2, 0.25) is 0 Å². The molecular formula is C10H15NO4. The number of phenolic OH excluding ortho intramolecular Hbond substituents is 2. The molecule has 2 unspecified atom stereocenters. The summed E-state index contributed by atoms with van der Waals surface area (Å²) in [6.45, 7) is 0.162. The second kappa shape index (κ2) is 4.97. The average Bonchev–Trinajstić information content (AvgIpc) is 2.17. The Kier molecular flexibility index (Phi) is 3.90. The molecular weight excluding hydrogens is 198 g/mol. The van der Waals surface area contributed by atoms with Crippen molar-refractivity contribution in [3.63, 3.8) is 0 Å². The number of nitrogens with one attached hydrogen (secondary N) is 1. The number of rotatable bonds is 4. The number of aliphatic hydroxyl groups is 2. The van der Waals surface area contributed by atoms with Gasteiger partial charge in [0.15, 0.2) is 0 Å². The SMILES string of the molecule is CNCC(O)C(O)c1c(O)cccc1O. The molecule has 0 heterocycles. The predicted octanol–water partition coefficient (Wildman–Crippen LogP) is -0.289. The van der Waals surface area contributed by atoms with Crippen molar-refractivity contribution in [3.05, 3.63) is 23.8 Å². The first-order valence-electron chi connectivity index (χ1n) is 4.59. The third kappa shape index (κ3) is 2.59. The monoisotopic (exact) mass is 213 g/mol. The van der Waals surface area contributed by atoms with E-state index in [4.69, 9.17) is 0 Å². The van der Waals surface area contributed by atoms with Crippen LogP contribution in [0.15, 0.2) is 18.2 Å². The van der Waals surface area contributed by atoms with E-state index in [1.807, 2.05) is 0 Å². The van der Waals surface area contributed by atoms with E-state index in [1.165, 1.54) is 18.2 Å². The molecule has 84 valence electrons. The lowest BCUT2D eigenvalue weighted by atomic mass is 10.0. The van der Waals surface area contributed by atoms with Gasteiger partial charge in [0.1, 0.15) is 17.6 Å². The molecule has 0 saturated heterocycles. The van der Waals surface area contributed by atoms with Crippen LogP contribution in [0.4, 0.5) is 0 Å². The third-order valence-corrected chi connectivity index (χ3v) is 2.13. The molecule has 15 heavy (non-hydrogen) atoms. The van der Waals surface area contributed by atoms with E-state index in [2.05, 4.69) is 5.32 Å². The minimum atomic E-state index is -1.32. The van der Waals surface area contributed by atoms with Crippen LogP contribution in [0.3, 0.4) is 0 Å². The second-order valence-electron chi connectivity index (χ2n) is 3.28. The smallest absolute Gasteiger partial charge is 0.125 e. The highest BCUT2D eigenvalue weighted by atomic mass is 16.3. The van der Waals surface area contributed by atoms with Gasteiger partial charge < -0.3 is 25.7 Å². The summed E-state index contributed by atoms with van der Waals surface area (Å²) in [5.74, 6) is -0.477. The fraction of sp³-hybridized carbons (Fsp3) is 0.400. The first kappa shape index (κ1) is 11.8. The molecule has 0 fully saturated rings. The molecule has 0 bridgehead atoms. The van der Waals surface area contributed by atoms with Crippen LogP contribution in [0.2, 0.25) is 0 Å². The molecule has 2 atom stereocenters. The highest BCUT2D eigenvalue weighted by Crippen LogP contribution is 2.33. The van der Waals surface area contributed by atoms with E-state index < -0.39 is 12.2 Å². The molecule has 5 nitrogen and oxygen atoms in total. The predicted molar refractivity (Wildman–Crippen MR) is 54.7 cm³/mol. The van der Waals surface area contributed by atoms with E-state index in [-0.39, 0.29) is 23.6 Å². The summed E-state index contributed by atoms with van der Waals surface area (Å²) in [7, 11) is 1.63. The van der Waals surface area contributed by atoms with Crippen molar-refractivity contribution in [1.82, 2.24) is 5.32 Å². The van der Waals surface area contributed by atoms with E-state index in [0.29, 0.717) is 0 Å². The van der Waals surface area contributed by atoms with E-state index in [9.17, 15) is 20.4 Å². The Morgan fingerprint density at radius 2 is 1.73 bits per heavy atom. The zero-order valence-corrected chi connectivity index (χ0v) is 8.38. The number of hydrogen-bond acceptors (Lipinski definition) is 5. The van der Waals surface area contributed by atoms with Gasteiger partial charge in [0.25, 0.3) is 0 Å². The summed E-state index contributed by atoms with van der Waals surface area (Å²) < 4.78 is 0. The lowest BCUT2D eigenvalue weighted by Crippen LogP contribution is -2.29. The molecule has 0 saturated carbocycles. The van der Waals surface area contributed by atoms with Crippen LogP contribution in [0.1, 0.15) is 11.7 Å². The maximum absolute atomic E-state index is 9.67. The van der Waals surface area contributed by atoms with Crippen LogP contribution in [0.5, 0.6) is 11.5 Å². The van der Waals surface area contributed by atoms with E-state index >= 15 is 0 Å². The van der Waals surface area contributed by atoms with Gasteiger partial charge in [-0.05, 0) is 19.2 Å². The summed E-state index contributed by atoms with van der Waals surface area (Å²) in [6.07, 6.45) is -2.41. The Labute approximate surface area is 87.6 Å². The zero-order chi connectivity index (χ0) is 11.4. The highest BCUT2D eigenvalue weighted by molar-refractivity contribution is 5.44. The van der Waals surface area contributed by atoms with Crippen molar-refractivity contribution in [3.8, 4) is 11.5 Å². The molecule has 0 aliphatic rings. The lowest BCUT2D eigenvalue weighted by molar-refractivity contribution is 0.0175. The Bertz CT molecular complexity index is 309. The Hall–Kier alpha value is -1.30. The van der Waals surface area contributed by atoms with Gasteiger partial charge in [0, 0.05) is 6.54 Å². The van der Waals surface area contributed by atoms with Crippen LogP contribution >= 0.6 is 0 Å². The Morgan fingerprint density at radius 1 is 1.20 bits per heavy atom. The molecule has 0 aromatic heterocycles. The number of aliphatic hydroxyl groups excluding tert-OH is 2. The molecule has 1 aromatic carbocycles. The van der Waals surface area contributed by atoms with Crippen molar-refractivity contribution in [2.45, 2.75) is 12.2 Å².